The minimum atomic E-state index is -1.27. The molecule has 3 aromatic rings. The van der Waals surface area contributed by atoms with Crippen LogP contribution in [-0.4, -0.2) is 48.2 Å². The molecule has 3 aromatic heterocycles. The van der Waals surface area contributed by atoms with Gasteiger partial charge in [-0.3, -0.25) is 0 Å². The quantitative estimate of drug-likeness (QED) is 0.647. The normalized spacial score (nSPS) is 28.5. The fourth-order valence-corrected chi connectivity index (χ4v) is 3.10. The molecule has 0 radical (unpaired) electrons. The molecule has 0 aliphatic carbocycles. The van der Waals surface area contributed by atoms with Gasteiger partial charge in [-0.2, -0.15) is 0 Å². The first kappa shape index (κ1) is 15.3. The van der Waals surface area contributed by atoms with Crippen LogP contribution in [-0.2, 0) is 4.74 Å². The molecule has 0 bridgehead atoms. The highest BCUT2D eigenvalue weighted by Gasteiger charge is 2.48. The van der Waals surface area contributed by atoms with Crippen LogP contribution in [0.3, 0.4) is 0 Å². The number of aryl methyl sites for hydroxylation is 1. The molecule has 8 nitrogen and oxygen atoms in total. The van der Waals surface area contributed by atoms with Crippen molar-refractivity contribution in [3.8, 4) is 0 Å². The van der Waals surface area contributed by atoms with Gasteiger partial charge in [-0.25, -0.2) is 9.97 Å². The van der Waals surface area contributed by atoms with Gasteiger partial charge in [0, 0.05) is 11.6 Å². The molecule has 4 heterocycles. The second-order valence-corrected chi connectivity index (χ2v) is 5.85. The van der Waals surface area contributed by atoms with Gasteiger partial charge in [-0.05, 0) is 25.1 Å². The van der Waals surface area contributed by atoms with Crippen molar-refractivity contribution in [2.75, 3.05) is 0 Å². The first-order valence-electron chi connectivity index (χ1n) is 7.59. The Balaban J connectivity index is 1.68. The van der Waals surface area contributed by atoms with Crippen LogP contribution in [0.4, 0.5) is 0 Å². The van der Waals surface area contributed by atoms with Crippen LogP contribution >= 0.6 is 0 Å². The molecule has 0 saturated carbocycles. The summed E-state index contributed by atoms with van der Waals surface area (Å²) in [5.74, 6) is 0.266. The van der Waals surface area contributed by atoms with Crippen LogP contribution in [0.5, 0.6) is 0 Å². The molecule has 24 heavy (non-hydrogen) atoms. The summed E-state index contributed by atoms with van der Waals surface area (Å²) in [6.07, 6.45) is -0.991. The van der Waals surface area contributed by atoms with Crippen molar-refractivity contribution in [3.05, 3.63) is 48.4 Å². The van der Waals surface area contributed by atoms with Gasteiger partial charge in [0.1, 0.15) is 42.2 Å². The predicted molar refractivity (Wildman–Crippen MR) is 81.9 cm³/mol. The summed E-state index contributed by atoms with van der Waals surface area (Å²) in [5, 5.41) is 31.9. The molecule has 1 aliphatic rings. The van der Waals surface area contributed by atoms with E-state index in [4.69, 9.17) is 9.15 Å². The maximum Gasteiger partial charge on any atom is 0.164 e. The molecule has 0 aromatic carbocycles. The zero-order chi connectivity index (χ0) is 16.8. The topological polar surface area (TPSA) is 114 Å². The van der Waals surface area contributed by atoms with E-state index in [9.17, 15) is 15.3 Å². The number of hydrogen-bond acceptors (Lipinski definition) is 7. The van der Waals surface area contributed by atoms with Gasteiger partial charge in [-0.1, -0.05) is 0 Å². The lowest BCUT2D eigenvalue weighted by molar-refractivity contribution is -0.0903. The Bertz CT molecular complexity index is 847. The summed E-state index contributed by atoms with van der Waals surface area (Å²) in [4.78, 5) is 8.35. The molecule has 5 atom stereocenters. The zero-order valence-electron chi connectivity index (χ0n) is 12.9. The Morgan fingerprint density at radius 2 is 2.04 bits per heavy atom. The number of aliphatic hydroxyl groups is 3. The molecule has 1 aliphatic heterocycles. The van der Waals surface area contributed by atoms with Crippen LogP contribution in [0.15, 0.2) is 41.4 Å². The fraction of sp³-hybridized carbons (Fsp3) is 0.375. The van der Waals surface area contributed by atoms with Crippen LogP contribution < -0.4 is 0 Å². The third kappa shape index (κ3) is 2.23. The highest BCUT2D eigenvalue weighted by Crippen LogP contribution is 2.37. The lowest BCUT2D eigenvalue weighted by atomic mass is 10.0. The lowest BCUT2D eigenvalue weighted by Crippen LogP contribution is -2.34. The van der Waals surface area contributed by atoms with Crippen molar-refractivity contribution in [2.45, 2.75) is 37.6 Å². The number of ether oxygens (including phenoxy) is 1. The van der Waals surface area contributed by atoms with Crippen molar-refractivity contribution >= 4 is 11.0 Å². The smallest absolute Gasteiger partial charge is 0.164 e. The van der Waals surface area contributed by atoms with Crippen LogP contribution in [0.1, 0.15) is 23.8 Å². The number of rotatable bonds is 3. The molecule has 8 heteroatoms. The van der Waals surface area contributed by atoms with Crippen molar-refractivity contribution in [1.82, 2.24) is 14.5 Å². The maximum atomic E-state index is 10.4. The lowest BCUT2D eigenvalue weighted by Gasteiger charge is -2.19. The fourth-order valence-electron chi connectivity index (χ4n) is 3.10. The van der Waals surface area contributed by atoms with Gasteiger partial charge in [0.05, 0.1) is 12.0 Å². The number of hydrogen-bond donors (Lipinski definition) is 3. The van der Waals surface area contributed by atoms with Crippen molar-refractivity contribution in [2.24, 2.45) is 0 Å². The Kier molecular flexibility index (Phi) is 3.61. The van der Waals surface area contributed by atoms with E-state index in [-0.39, 0.29) is 5.76 Å². The van der Waals surface area contributed by atoms with Gasteiger partial charge in [0.2, 0.25) is 0 Å². The summed E-state index contributed by atoms with van der Waals surface area (Å²) < 4.78 is 12.5. The van der Waals surface area contributed by atoms with E-state index in [0.29, 0.717) is 5.65 Å². The molecule has 1 unspecified atom stereocenters. The summed E-state index contributed by atoms with van der Waals surface area (Å²) in [6.45, 7) is 1.86. The number of fused-ring (bicyclic) bond motifs is 1. The summed E-state index contributed by atoms with van der Waals surface area (Å²) in [7, 11) is 0. The van der Waals surface area contributed by atoms with Gasteiger partial charge >= 0.3 is 0 Å². The number of aliphatic hydroxyl groups excluding tert-OH is 3. The molecular weight excluding hydrogens is 314 g/mol. The average molecular weight is 331 g/mol. The van der Waals surface area contributed by atoms with Crippen LogP contribution in [0.2, 0.25) is 0 Å². The van der Waals surface area contributed by atoms with E-state index in [1.54, 1.807) is 22.9 Å². The summed E-state index contributed by atoms with van der Waals surface area (Å²) in [5.41, 5.74) is 1.39. The second kappa shape index (κ2) is 5.67. The Morgan fingerprint density at radius 3 is 2.79 bits per heavy atom. The Labute approximate surface area is 137 Å². The first-order chi connectivity index (χ1) is 11.6. The minimum absolute atomic E-state index is 0.266. The Morgan fingerprint density at radius 1 is 1.21 bits per heavy atom. The van der Waals surface area contributed by atoms with E-state index in [1.165, 1.54) is 12.6 Å². The molecule has 0 spiro atoms. The maximum absolute atomic E-state index is 10.4. The SMILES string of the molecule is Cc1ncnc2c1ccn2[C@@H]1O[C@H](C(O)c2ccco2)[C@@H](O)[C@H]1O. The molecule has 4 rings (SSSR count). The molecule has 1 saturated heterocycles. The zero-order valence-corrected chi connectivity index (χ0v) is 12.9. The minimum Gasteiger partial charge on any atom is -0.466 e. The highest BCUT2D eigenvalue weighted by molar-refractivity contribution is 5.78. The molecule has 3 N–H and O–H groups in total. The molecule has 1 fully saturated rings. The van der Waals surface area contributed by atoms with Crippen molar-refractivity contribution < 1.29 is 24.5 Å². The van der Waals surface area contributed by atoms with Gasteiger partial charge in [0.25, 0.3) is 0 Å². The molecular formula is C16H17N3O5. The third-order valence-corrected chi connectivity index (χ3v) is 4.40. The number of nitrogens with zero attached hydrogens (tertiary/aromatic N) is 3. The standard InChI is InChI=1S/C16H17N3O5/c1-8-9-4-5-19(15(9)18-7-17-8)16-13(22)12(21)14(24-16)11(20)10-3-2-6-23-10/h2-7,11-14,16,20-22H,1H3/t11?,12-,13+,14+,16+/m0/s1. The predicted octanol–water partition coefficient (Wildman–Crippen LogP) is 0.686. The van der Waals surface area contributed by atoms with Gasteiger partial charge in [-0.15, -0.1) is 0 Å². The summed E-state index contributed by atoms with van der Waals surface area (Å²) >= 11 is 0. The highest BCUT2D eigenvalue weighted by atomic mass is 16.6. The van der Waals surface area contributed by atoms with Gasteiger partial charge < -0.3 is 29.0 Å². The third-order valence-electron chi connectivity index (χ3n) is 4.40. The molecule has 126 valence electrons. The van der Waals surface area contributed by atoms with Crippen molar-refractivity contribution in [1.29, 1.82) is 0 Å². The van der Waals surface area contributed by atoms with Gasteiger partial charge in [0.15, 0.2) is 6.23 Å². The number of furan rings is 1. The van der Waals surface area contributed by atoms with E-state index in [0.717, 1.165) is 11.1 Å². The average Bonchev–Trinajstić information content (AvgIpc) is 3.29. The number of aromatic nitrogens is 3. The van der Waals surface area contributed by atoms with Crippen molar-refractivity contribution in [3.63, 3.8) is 0 Å². The van der Waals surface area contributed by atoms with Crippen LogP contribution in [0, 0.1) is 6.92 Å². The Hall–Kier alpha value is -2.26. The van der Waals surface area contributed by atoms with E-state index in [2.05, 4.69) is 9.97 Å². The summed E-state index contributed by atoms with van der Waals surface area (Å²) in [6, 6.07) is 5.04. The van der Waals surface area contributed by atoms with E-state index >= 15 is 0 Å². The van der Waals surface area contributed by atoms with Crippen LogP contribution in [0.25, 0.3) is 11.0 Å². The molecule has 0 amide bonds. The first-order valence-corrected chi connectivity index (χ1v) is 7.59. The largest absolute Gasteiger partial charge is 0.466 e. The second-order valence-electron chi connectivity index (χ2n) is 5.85. The van der Waals surface area contributed by atoms with E-state index < -0.39 is 30.6 Å². The monoisotopic (exact) mass is 331 g/mol. The van der Waals surface area contributed by atoms with E-state index in [1.807, 2.05) is 13.0 Å².